The van der Waals surface area contributed by atoms with Gasteiger partial charge in [0, 0.05) is 6.42 Å². The number of nitrogens with one attached hydrogen (secondary N) is 1. The molecule has 1 aromatic rings. The van der Waals surface area contributed by atoms with Crippen molar-refractivity contribution in [3.63, 3.8) is 0 Å². The highest BCUT2D eigenvalue weighted by Crippen LogP contribution is 2.29. The summed E-state index contributed by atoms with van der Waals surface area (Å²) >= 11 is 0. The van der Waals surface area contributed by atoms with Crippen LogP contribution in [-0.4, -0.2) is 23.2 Å². The van der Waals surface area contributed by atoms with Gasteiger partial charge in [0.1, 0.15) is 5.75 Å². The molecule has 4 heteroatoms. The van der Waals surface area contributed by atoms with E-state index in [4.69, 9.17) is 4.74 Å². The molecule has 1 aromatic carbocycles. The molecular formula is C12H15NO3. The molecule has 0 saturated heterocycles. The number of amides is 1. The highest BCUT2D eigenvalue weighted by Gasteiger charge is 2.18. The van der Waals surface area contributed by atoms with E-state index >= 15 is 0 Å². The van der Waals surface area contributed by atoms with Crippen molar-refractivity contribution < 1.29 is 14.6 Å². The normalized spacial score (nSPS) is 15.1. The van der Waals surface area contributed by atoms with Crippen LogP contribution < -0.4 is 10.1 Å². The van der Waals surface area contributed by atoms with Gasteiger partial charge < -0.3 is 15.2 Å². The first kappa shape index (κ1) is 11.0. The standard InChI is InChI=1S/C12H15NO3/c1-12(2,15)6-8-3-4-10-9(5-8)13-11(14)7-16-10/h3-5,15H,6-7H2,1-2H3,(H,13,14). The second-order valence-electron chi connectivity index (χ2n) is 4.66. The topological polar surface area (TPSA) is 58.6 Å². The van der Waals surface area contributed by atoms with Crippen LogP contribution in [0.25, 0.3) is 0 Å². The Kier molecular flexibility index (Phi) is 2.59. The van der Waals surface area contributed by atoms with Gasteiger partial charge in [-0.3, -0.25) is 4.79 Å². The Labute approximate surface area is 94.2 Å². The molecule has 0 aromatic heterocycles. The van der Waals surface area contributed by atoms with E-state index in [0.717, 1.165) is 5.56 Å². The molecule has 4 nitrogen and oxygen atoms in total. The van der Waals surface area contributed by atoms with E-state index in [1.165, 1.54) is 0 Å². The van der Waals surface area contributed by atoms with E-state index in [1.807, 2.05) is 18.2 Å². The van der Waals surface area contributed by atoms with Crippen molar-refractivity contribution in [2.45, 2.75) is 25.9 Å². The lowest BCUT2D eigenvalue weighted by atomic mass is 9.98. The van der Waals surface area contributed by atoms with Crippen molar-refractivity contribution in [2.24, 2.45) is 0 Å². The summed E-state index contributed by atoms with van der Waals surface area (Å²) in [4.78, 5) is 11.1. The molecule has 86 valence electrons. The van der Waals surface area contributed by atoms with Gasteiger partial charge in [-0.05, 0) is 31.5 Å². The highest BCUT2D eigenvalue weighted by molar-refractivity contribution is 5.95. The lowest BCUT2D eigenvalue weighted by molar-refractivity contribution is -0.118. The molecule has 2 N–H and O–H groups in total. The first-order chi connectivity index (χ1) is 7.44. The Morgan fingerprint density at radius 1 is 1.50 bits per heavy atom. The van der Waals surface area contributed by atoms with Gasteiger partial charge in [0.05, 0.1) is 11.3 Å². The van der Waals surface area contributed by atoms with Gasteiger partial charge in [-0.1, -0.05) is 6.07 Å². The SMILES string of the molecule is CC(C)(O)Cc1ccc2c(c1)NC(=O)CO2. The van der Waals surface area contributed by atoms with Gasteiger partial charge in [0.15, 0.2) is 6.61 Å². The van der Waals surface area contributed by atoms with Crippen molar-refractivity contribution in [3.8, 4) is 5.75 Å². The van der Waals surface area contributed by atoms with Crippen LogP contribution in [0.1, 0.15) is 19.4 Å². The summed E-state index contributed by atoms with van der Waals surface area (Å²) in [5.41, 5.74) is 0.892. The Bertz CT molecular complexity index is 421. The maximum absolute atomic E-state index is 11.1. The summed E-state index contributed by atoms with van der Waals surface area (Å²) < 4.78 is 5.25. The van der Waals surface area contributed by atoms with Crippen molar-refractivity contribution in [1.82, 2.24) is 0 Å². The molecule has 0 radical (unpaired) electrons. The fourth-order valence-electron chi connectivity index (χ4n) is 1.74. The number of carbonyl (C=O) groups is 1. The van der Waals surface area contributed by atoms with Gasteiger partial charge >= 0.3 is 0 Å². The van der Waals surface area contributed by atoms with Gasteiger partial charge in [0.25, 0.3) is 5.91 Å². The minimum Gasteiger partial charge on any atom is -0.482 e. The van der Waals surface area contributed by atoms with Gasteiger partial charge in [-0.2, -0.15) is 0 Å². The van der Waals surface area contributed by atoms with Crippen LogP contribution in [-0.2, 0) is 11.2 Å². The quantitative estimate of drug-likeness (QED) is 0.792. The Balaban J connectivity index is 2.24. The van der Waals surface area contributed by atoms with Gasteiger partial charge in [0.2, 0.25) is 0 Å². The summed E-state index contributed by atoms with van der Waals surface area (Å²) in [6, 6.07) is 5.55. The summed E-state index contributed by atoms with van der Waals surface area (Å²) in [6.45, 7) is 3.57. The number of aliphatic hydroxyl groups is 1. The van der Waals surface area contributed by atoms with Crippen LogP contribution in [0.2, 0.25) is 0 Å². The van der Waals surface area contributed by atoms with Crippen molar-refractivity contribution in [1.29, 1.82) is 0 Å². The maximum Gasteiger partial charge on any atom is 0.262 e. The summed E-state index contributed by atoms with van der Waals surface area (Å²) in [5, 5.41) is 12.4. The van der Waals surface area contributed by atoms with E-state index in [1.54, 1.807) is 13.8 Å². The zero-order chi connectivity index (χ0) is 11.8. The molecule has 1 heterocycles. The van der Waals surface area contributed by atoms with Gasteiger partial charge in [-0.15, -0.1) is 0 Å². The van der Waals surface area contributed by atoms with Gasteiger partial charge in [-0.25, -0.2) is 0 Å². The van der Waals surface area contributed by atoms with Crippen LogP contribution in [0.15, 0.2) is 18.2 Å². The number of ether oxygens (including phenoxy) is 1. The first-order valence-corrected chi connectivity index (χ1v) is 5.22. The van der Waals surface area contributed by atoms with E-state index in [2.05, 4.69) is 5.32 Å². The molecule has 0 saturated carbocycles. The van der Waals surface area contributed by atoms with Crippen LogP contribution in [0, 0.1) is 0 Å². The Morgan fingerprint density at radius 3 is 2.94 bits per heavy atom. The number of hydrogen-bond acceptors (Lipinski definition) is 3. The summed E-state index contributed by atoms with van der Waals surface area (Å²) in [6.07, 6.45) is 0.538. The Hall–Kier alpha value is -1.55. The fraction of sp³-hybridized carbons (Fsp3) is 0.417. The van der Waals surface area contributed by atoms with Crippen LogP contribution >= 0.6 is 0 Å². The number of benzene rings is 1. The molecule has 2 rings (SSSR count). The Morgan fingerprint density at radius 2 is 2.25 bits per heavy atom. The van der Waals surface area contributed by atoms with E-state index < -0.39 is 5.60 Å². The monoisotopic (exact) mass is 221 g/mol. The molecule has 1 amide bonds. The van der Waals surface area contributed by atoms with Crippen molar-refractivity contribution in [3.05, 3.63) is 23.8 Å². The molecule has 0 spiro atoms. The zero-order valence-electron chi connectivity index (χ0n) is 9.41. The third-order valence-corrected chi connectivity index (χ3v) is 2.31. The second-order valence-corrected chi connectivity index (χ2v) is 4.66. The lowest BCUT2D eigenvalue weighted by Crippen LogP contribution is -2.26. The van der Waals surface area contributed by atoms with Crippen LogP contribution in [0.4, 0.5) is 5.69 Å². The van der Waals surface area contributed by atoms with Crippen LogP contribution in [0.3, 0.4) is 0 Å². The molecular weight excluding hydrogens is 206 g/mol. The highest BCUT2D eigenvalue weighted by atomic mass is 16.5. The largest absolute Gasteiger partial charge is 0.482 e. The molecule has 0 bridgehead atoms. The maximum atomic E-state index is 11.1. The molecule has 0 fully saturated rings. The molecule has 1 aliphatic rings. The molecule has 0 atom stereocenters. The van der Waals surface area contributed by atoms with Crippen molar-refractivity contribution >= 4 is 11.6 Å². The number of rotatable bonds is 2. The summed E-state index contributed by atoms with van der Waals surface area (Å²) in [7, 11) is 0. The fourth-order valence-corrected chi connectivity index (χ4v) is 1.74. The predicted molar refractivity (Wildman–Crippen MR) is 60.6 cm³/mol. The third-order valence-electron chi connectivity index (χ3n) is 2.31. The average Bonchev–Trinajstić information content (AvgIpc) is 2.14. The zero-order valence-corrected chi connectivity index (χ0v) is 9.41. The number of fused-ring (bicyclic) bond motifs is 1. The minimum absolute atomic E-state index is 0.0673. The lowest BCUT2D eigenvalue weighted by Gasteiger charge is -2.21. The number of anilines is 1. The molecule has 1 aliphatic heterocycles. The second kappa shape index (κ2) is 3.79. The van der Waals surface area contributed by atoms with Crippen molar-refractivity contribution in [2.75, 3.05) is 11.9 Å². The van der Waals surface area contributed by atoms with E-state index in [0.29, 0.717) is 17.9 Å². The molecule has 0 unspecified atom stereocenters. The summed E-state index contributed by atoms with van der Waals surface area (Å²) in [5.74, 6) is 0.534. The number of hydrogen-bond donors (Lipinski definition) is 2. The average molecular weight is 221 g/mol. The molecule has 0 aliphatic carbocycles. The third kappa shape index (κ3) is 2.52. The minimum atomic E-state index is -0.756. The predicted octanol–water partition coefficient (Wildman–Crippen LogP) is 1.33. The van der Waals surface area contributed by atoms with Crippen LogP contribution in [0.5, 0.6) is 5.75 Å². The first-order valence-electron chi connectivity index (χ1n) is 5.22. The van der Waals surface area contributed by atoms with E-state index in [9.17, 15) is 9.90 Å². The van der Waals surface area contributed by atoms with E-state index in [-0.39, 0.29) is 12.5 Å². The smallest absolute Gasteiger partial charge is 0.262 e. The number of carbonyl (C=O) groups excluding carboxylic acids is 1. The molecule has 16 heavy (non-hydrogen) atoms.